The topological polar surface area (TPSA) is 65.1 Å². The van der Waals surface area contributed by atoms with Crippen LogP contribution in [-0.2, 0) is 23.8 Å². The summed E-state index contributed by atoms with van der Waals surface area (Å²) in [5.74, 6) is 0.662. The van der Waals surface area contributed by atoms with Crippen molar-refractivity contribution in [2.75, 3.05) is 7.11 Å². The molecule has 5 nitrogen and oxygen atoms in total. The van der Waals surface area contributed by atoms with Crippen LogP contribution in [0, 0.1) is 17.8 Å². The van der Waals surface area contributed by atoms with Crippen LogP contribution in [0.25, 0.3) is 0 Å². The van der Waals surface area contributed by atoms with Gasteiger partial charge in [0, 0.05) is 6.92 Å². The predicted octanol–water partition coefficient (Wildman–Crippen LogP) is 28.5. The first-order valence-corrected chi connectivity index (χ1v) is 40.9. The van der Waals surface area contributed by atoms with E-state index in [1.165, 1.54) is 406 Å². The Morgan fingerprint density at radius 3 is 0.977 bits per heavy atom. The number of unbranched alkanes of at least 4 members (excludes halogenated alkanes) is 58. The summed E-state index contributed by atoms with van der Waals surface area (Å²) in [6, 6.07) is 0. The standard InChI is InChI=1S/C83H160O5/c1-7-9-11-13-15-17-19-21-23-24-25-26-29-32-36-43-49-55-61-67-73-79(83(85)86-6)80(87-78(5)84)74-68-62-56-50-44-37-33-30-27-28-31-34-40-46-52-58-64-70-76(3)71-65-59-53-47-41-38-39-45-51-57-63-69-75-81-82(88-81)77(4)72-66-60-54-48-42-35-22-20-18-16-14-12-10-8-2/h65,71,76-77,79-82H,7-64,66-70,72-75H2,1-6H3/b71-65+/t76-,77-,79-,80-,81+,82+/m1/s1. The zero-order chi connectivity index (χ0) is 63.5. The summed E-state index contributed by atoms with van der Waals surface area (Å²) < 4.78 is 17.1. The molecule has 0 amide bonds. The van der Waals surface area contributed by atoms with Gasteiger partial charge in [-0.3, -0.25) is 9.59 Å². The lowest BCUT2D eigenvalue weighted by molar-refractivity contribution is -0.160. The van der Waals surface area contributed by atoms with Crippen LogP contribution in [0.3, 0.4) is 0 Å². The molecule has 1 fully saturated rings. The Morgan fingerprint density at radius 2 is 0.648 bits per heavy atom. The molecule has 6 atom stereocenters. The van der Waals surface area contributed by atoms with Crippen molar-refractivity contribution in [2.24, 2.45) is 17.8 Å². The van der Waals surface area contributed by atoms with E-state index in [2.05, 4.69) is 39.8 Å². The summed E-state index contributed by atoms with van der Waals surface area (Å²) in [6.45, 7) is 11.0. The third kappa shape index (κ3) is 59.6. The summed E-state index contributed by atoms with van der Waals surface area (Å²) in [6.07, 6.45) is 97.1. The van der Waals surface area contributed by atoms with Gasteiger partial charge in [-0.1, -0.05) is 419 Å². The molecule has 1 rings (SSSR count). The quantitative estimate of drug-likeness (QED) is 0.0263. The van der Waals surface area contributed by atoms with Gasteiger partial charge in [0.2, 0.25) is 0 Å². The molecule has 0 N–H and O–H groups in total. The van der Waals surface area contributed by atoms with E-state index in [1.54, 1.807) is 0 Å². The fourth-order valence-corrected chi connectivity index (χ4v) is 14.4. The Bertz CT molecular complexity index is 1430. The number of carbonyl (C=O) groups excluding carboxylic acids is 2. The maximum Gasteiger partial charge on any atom is 0.312 e. The zero-order valence-electron chi connectivity index (χ0n) is 61.0. The van der Waals surface area contributed by atoms with E-state index < -0.39 is 0 Å². The highest BCUT2D eigenvalue weighted by molar-refractivity contribution is 5.74. The van der Waals surface area contributed by atoms with Crippen LogP contribution in [0.2, 0.25) is 0 Å². The molecule has 1 aliphatic heterocycles. The Hall–Kier alpha value is -1.36. The van der Waals surface area contributed by atoms with Crippen molar-refractivity contribution in [3.8, 4) is 0 Å². The molecule has 1 aliphatic rings. The van der Waals surface area contributed by atoms with Gasteiger partial charge >= 0.3 is 11.9 Å². The average molecular weight is 1240 g/mol. The minimum Gasteiger partial charge on any atom is -0.469 e. The number of ether oxygens (including phenoxy) is 3. The van der Waals surface area contributed by atoms with Gasteiger partial charge in [0.25, 0.3) is 0 Å². The maximum atomic E-state index is 12.9. The van der Waals surface area contributed by atoms with Crippen molar-refractivity contribution < 1.29 is 23.8 Å². The van der Waals surface area contributed by atoms with Crippen molar-refractivity contribution in [1.29, 1.82) is 0 Å². The van der Waals surface area contributed by atoms with E-state index in [-0.39, 0.29) is 24.0 Å². The van der Waals surface area contributed by atoms with Gasteiger partial charge in [-0.2, -0.15) is 0 Å². The Morgan fingerprint density at radius 1 is 0.364 bits per heavy atom. The van der Waals surface area contributed by atoms with Crippen LogP contribution in [0.4, 0.5) is 0 Å². The van der Waals surface area contributed by atoms with E-state index in [0.29, 0.717) is 12.2 Å². The fourth-order valence-electron chi connectivity index (χ4n) is 14.4. The third-order valence-electron chi connectivity index (χ3n) is 20.6. The van der Waals surface area contributed by atoms with Gasteiger partial charge in [-0.25, -0.2) is 0 Å². The molecule has 1 saturated heterocycles. The summed E-state index contributed by atoms with van der Waals surface area (Å²) in [5.41, 5.74) is 0. The molecule has 0 aromatic heterocycles. The van der Waals surface area contributed by atoms with Crippen LogP contribution in [-0.4, -0.2) is 37.4 Å². The molecule has 0 unspecified atom stereocenters. The zero-order valence-corrected chi connectivity index (χ0v) is 61.0. The van der Waals surface area contributed by atoms with E-state index in [1.807, 2.05) is 0 Å². The predicted molar refractivity (Wildman–Crippen MR) is 388 cm³/mol. The lowest BCUT2D eigenvalue weighted by atomic mass is 9.91. The van der Waals surface area contributed by atoms with Crippen LogP contribution in [0.5, 0.6) is 0 Å². The molecule has 522 valence electrons. The Balaban J connectivity index is 1.86. The summed E-state index contributed by atoms with van der Waals surface area (Å²) in [4.78, 5) is 25.0. The van der Waals surface area contributed by atoms with Gasteiger partial charge < -0.3 is 14.2 Å². The molecule has 88 heavy (non-hydrogen) atoms. The second-order valence-electron chi connectivity index (χ2n) is 29.4. The number of epoxide rings is 1. The molecule has 0 spiro atoms. The first-order valence-electron chi connectivity index (χ1n) is 40.9. The lowest BCUT2D eigenvalue weighted by Crippen LogP contribution is -2.33. The molecule has 5 heteroatoms. The van der Waals surface area contributed by atoms with Gasteiger partial charge in [0.05, 0.1) is 25.2 Å². The number of allylic oxidation sites excluding steroid dienone is 2. The van der Waals surface area contributed by atoms with Crippen molar-refractivity contribution >= 4 is 11.9 Å². The molecular formula is C83H160O5. The molecule has 0 radical (unpaired) electrons. The molecule has 0 bridgehead atoms. The van der Waals surface area contributed by atoms with E-state index in [0.717, 1.165) is 50.4 Å². The van der Waals surface area contributed by atoms with Crippen molar-refractivity contribution in [3.63, 3.8) is 0 Å². The Labute approximate surface area is 553 Å². The molecule has 1 heterocycles. The first-order chi connectivity index (χ1) is 43.3. The van der Waals surface area contributed by atoms with Crippen molar-refractivity contribution in [1.82, 2.24) is 0 Å². The fraction of sp³-hybridized carbons (Fsp3) is 0.952. The molecule has 0 aromatic rings. The normalized spacial score (nSPS) is 15.5. The number of esters is 2. The molecule has 0 aliphatic carbocycles. The monoisotopic (exact) mass is 1240 g/mol. The highest BCUT2D eigenvalue weighted by atomic mass is 16.6. The van der Waals surface area contributed by atoms with Gasteiger partial charge in [-0.15, -0.1) is 0 Å². The number of methoxy groups -OCH3 is 1. The highest BCUT2D eigenvalue weighted by Crippen LogP contribution is 2.36. The van der Waals surface area contributed by atoms with Crippen molar-refractivity contribution in [2.45, 2.75) is 483 Å². The number of carbonyl (C=O) groups is 2. The van der Waals surface area contributed by atoms with Gasteiger partial charge in [-0.05, 0) is 63.2 Å². The van der Waals surface area contributed by atoms with Crippen LogP contribution in [0.15, 0.2) is 12.2 Å². The number of hydrogen-bond acceptors (Lipinski definition) is 5. The van der Waals surface area contributed by atoms with Crippen molar-refractivity contribution in [3.05, 3.63) is 12.2 Å². The van der Waals surface area contributed by atoms with Crippen LogP contribution in [0.1, 0.15) is 465 Å². The number of hydrogen-bond donors (Lipinski definition) is 0. The minimum absolute atomic E-state index is 0.214. The summed E-state index contributed by atoms with van der Waals surface area (Å²) in [7, 11) is 1.48. The average Bonchev–Trinajstić information content (AvgIpc) is 2.41. The minimum atomic E-state index is -0.364. The van der Waals surface area contributed by atoms with Gasteiger partial charge in [0.15, 0.2) is 0 Å². The lowest BCUT2D eigenvalue weighted by Gasteiger charge is -2.25. The summed E-state index contributed by atoms with van der Waals surface area (Å²) >= 11 is 0. The SMILES string of the molecule is CCCCCCCCCCCCCCCCCCCCCC[C@@H](C(=O)OC)[C@@H](CCCCCCCCCCCCCCCCCCC[C@@H](C)/C=C/CCCCCCCCCCCC[C@@H]1O[C@H]1[C@H](C)CCCCCCCCCCCCCCCC)OC(C)=O. The number of rotatable bonds is 74. The smallest absolute Gasteiger partial charge is 0.312 e. The van der Waals surface area contributed by atoms with E-state index >= 15 is 0 Å². The molecule has 0 saturated carbocycles. The largest absolute Gasteiger partial charge is 0.469 e. The van der Waals surface area contributed by atoms with Crippen LogP contribution >= 0.6 is 0 Å². The molecular weight excluding hydrogens is 1080 g/mol. The highest BCUT2D eigenvalue weighted by Gasteiger charge is 2.41. The van der Waals surface area contributed by atoms with Gasteiger partial charge in [0.1, 0.15) is 6.10 Å². The first kappa shape index (κ1) is 84.7. The van der Waals surface area contributed by atoms with E-state index in [9.17, 15) is 9.59 Å². The maximum absolute atomic E-state index is 12.9. The van der Waals surface area contributed by atoms with E-state index in [4.69, 9.17) is 14.2 Å². The second-order valence-corrected chi connectivity index (χ2v) is 29.4. The summed E-state index contributed by atoms with van der Waals surface area (Å²) in [5, 5.41) is 0. The Kier molecular flexibility index (Phi) is 65.9. The molecule has 0 aromatic carbocycles. The van der Waals surface area contributed by atoms with Crippen LogP contribution < -0.4 is 0 Å². The second kappa shape index (κ2) is 68.5. The third-order valence-corrected chi connectivity index (χ3v) is 20.6.